The van der Waals surface area contributed by atoms with Gasteiger partial charge in [-0.25, -0.2) is 4.98 Å². The lowest BCUT2D eigenvalue weighted by molar-refractivity contribution is -0.141. The van der Waals surface area contributed by atoms with E-state index in [1.54, 1.807) is 0 Å². The molecule has 2 atom stereocenters. The van der Waals surface area contributed by atoms with Crippen LogP contribution >= 0.6 is 0 Å². The third kappa shape index (κ3) is 2.51. The maximum Gasteiger partial charge on any atom is 0.306 e. The maximum absolute atomic E-state index is 14.4. The molecule has 3 fully saturated rings. The molecule has 2 aliphatic carbocycles. The molecule has 2 aliphatic heterocycles. The van der Waals surface area contributed by atoms with Crippen LogP contribution in [-0.4, -0.2) is 46.7 Å². The molecular formula is C19H24F2N4O2. The Morgan fingerprint density at radius 3 is 2.59 bits per heavy atom. The van der Waals surface area contributed by atoms with Gasteiger partial charge >= 0.3 is 5.97 Å². The SMILES string of the molecule is C[C@H]1CCN1c1nc(N2CC3(CCC(C(=O)O)C3)C2)c2c(n1)C(F)(F)CC2. The number of rotatable bonds is 3. The van der Waals surface area contributed by atoms with E-state index >= 15 is 0 Å². The summed E-state index contributed by atoms with van der Waals surface area (Å²) in [7, 11) is 0. The molecule has 2 saturated heterocycles. The number of hydrogen-bond donors (Lipinski definition) is 1. The van der Waals surface area contributed by atoms with E-state index in [2.05, 4.69) is 16.8 Å². The standard InChI is InChI=1S/C19H24F2N4O2/c1-11-4-7-25(11)17-22-14-13(3-6-19(14,20)21)15(23-17)24-9-18(10-24)5-2-12(8-18)16(26)27/h11-12H,2-10H2,1H3,(H,26,27)/t11-,12?/m0/s1. The number of aromatic nitrogens is 2. The van der Waals surface area contributed by atoms with Gasteiger partial charge < -0.3 is 14.9 Å². The second-order valence-electron chi connectivity index (χ2n) is 8.84. The van der Waals surface area contributed by atoms with Crippen molar-refractivity contribution in [3.63, 3.8) is 0 Å². The third-order valence-electron chi connectivity index (χ3n) is 6.99. The van der Waals surface area contributed by atoms with Gasteiger partial charge in [0.2, 0.25) is 5.95 Å². The maximum atomic E-state index is 14.4. The van der Waals surface area contributed by atoms with E-state index in [1.165, 1.54) is 0 Å². The molecule has 8 heteroatoms. The Bertz CT molecular complexity index is 809. The summed E-state index contributed by atoms with van der Waals surface area (Å²) in [5.41, 5.74) is 0.489. The molecule has 1 aromatic heterocycles. The molecule has 1 unspecified atom stereocenters. The Labute approximate surface area is 156 Å². The molecule has 146 valence electrons. The minimum atomic E-state index is -2.89. The minimum Gasteiger partial charge on any atom is -0.481 e. The summed E-state index contributed by atoms with van der Waals surface area (Å²) in [5, 5.41) is 9.27. The van der Waals surface area contributed by atoms with Crippen LogP contribution in [0.3, 0.4) is 0 Å². The highest BCUT2D eigenvalue weighted by Crippen LogP contribution is 2.52. The molecular weight excluding hydrogens is 354 g/mol. The molecule has 1 N–H and O–H groups in total. The second-order valence-corrected chi connectivity index (χ2v) is 8.84. The summed E-state index contributed by atoms with van der Waals surface area (Å²) in [4.78, 5) is 24.3. The monoisotopic (exact) mass is 378 g/mol. The predicted octanol–water partition coefficient (Wildman–Crippen LogP) is 2.80. The quantitative estimate of drug-likeness (QED) is 0.872. The van der Waals surface area contributed by atoms with E-state index in [-0.39, 0.29) is 29.5 Å². The van der Waals surface area contributed by atoms with Gasteiger partial charge in [0.15, 0.2) is 0 Å². The van der Waals surface area contributed by atoms with E-state index in [1.807, 2.05) is 4.90 Å². The molecule has 1 spiro atoms. The average molecular weight is 378 g/mol. The van der Waals surface area contributed by atoms with Crippen LogP contribution in [0.25, 0.3) is 0 Å². The van der Waals surface area contributed by atoms with Crippen molar-refractivity contribution in [1.82, 2.24) is 9.97 Å². The van der Waals surface area contributed by atoms with Crippen molar-refractivity contribution in [2.24, 2.45) is 11.3 Å². The van der Waals surface area contributed by atoms with E-state index in [9.17, 15) is 18.7 Å². The Morgan fingerprint density at radius 2 is 2.00 bits per heavy atom. The number of fused-ring (bicyclic) bond motifs is 1. The molecule has 6 nitrogen and oxygen atoms in total. The topological polar surface area (TPSA) is 69.6 Å². The van der Waals surface area contributed by atoms with E-state index in [4.69, 9.17) is 4.98 Å². The predicted molar refractivity (Wildman–Crippen MR) is 95.3 cm³/mol. The molecule has 1 saturated carbocycles. The van der Waals surface area contributed by atoms with Crippen LogP contribution in [0.5, 0.6) is 0 Å². The van der Waals surface area contributed by atoms with Gasteiger partial charge in [-0.05, 0) is 39.0 Å². The third-order valence-corrected chi connectivity index (χ3v) is 6.99. The van der Waals surface area contributed by atoms with Gasteiger partial charge in [0.1, 0.15) is 11.5 Å². The highest BCUT2D eigenvalue weighted by atomic mass is 19.3. The number of halogens is 2. The first-order valence-electron chi connectivity index (χ1n) is 9.82. The van der Waals surface area contributed by atoms with Crippen molar-refractivity contribution < 1.29 is 18.7 Å². The highest BCUT2D eigenvalue weighted by molar-refractivity contribution is 5.71. The molecule has 5 rings (SSSR count). The van der Waals surface area contributed by atoms with Crippen molar-refractivity contribution in [1.29, 1.82) is 0 Å². The first-order valence-corrected chi connectivity index (χ1v) is 9.82. The average Bonchev–Trinajstić information content (AvgIpc) is 3.14. The van der Waals surface area contributed by atoms with Crippen LogP contribution in [0, 0.1) is 11.3 Å². The van der Waals surface area contributed by atoms with Crippen molar-refractivity contribution in [2.75, 3.05) is 29.4 Å². The summed E-state index contributed by atoms with van der Waals surface area (Å²) < 4.78 is 28.8. The van der Waals surface area contributed by atoms with Gasteiger partial charge in [-0.1, -0.05) is 0 Å². The first kappa shape index (κ1) is 17.1. The molecule has 0 amide bonds. The zero-order valence-electron chi connectivity index (χ0n) is 15.4. The summed E-state index contributed by atoms with van der Waals surface area (Å²) in [6, 6.07) is 0.278. The van der Waals surface area contributed by atoms with E-state index < -0.39 is 11.9 Å². The zero-order valence-corrected chi connectivity index (χ0v) is 15.4. The zero-order chi connectivity index (χ0) is 19.0. The number of anilines is 2. The summed E-state index contributed by atoms with van der Waals surface area (Å²) in [5.74, 6) is -2.82. The van der Waals surface area contributed by atoms with Crippen LogP contribution in [0.15, 0.2) is 0 Å². The Hall–Kier alpha value is -1.99. The summed E-state index contributed by atoms with van der Waals surface area (Å²) in [6.07, 6.45) is 3.39. The lowest BCUT2D eigenvalue weighted by Gasteiger charge is -2.50. The lowest BCUT2D eigenvalue weighted by atomic mass is 9.77. The van der Waals surface area contributed by atoms with E-state index in [0.29, 0.717) is 49.7 Å². The number of aliphatic carboxylic acids is 1. The molecule has 27 heavy (non-hydrogen) atoms. The van der Waals surface area contributed by atoms with Crippen molar-refractivity contribution in [2.45, 2.75) is 57.4 Å². The van der Waals surface area contributed by atoms with Crippen LogP contribution in [-0.2, 0) is 17.1 Å². The fourth-order valence-corrected chi connectivity index (χ4v) is 5.22. The summed E-state index contributed by atoms with van der Waals surface area (Å²) in [6.45, 7) is 4.28. The number of alkyl halides is 2. The van der Waals surface area contributed by atoms with Gasteiger partial charge in [0, 0.05) is 43.1 Å². The number of hydrogen-bond acceptors (Lipinski definition) is 5. The minimum absolute atomic E-state index is 0.00617. The van der Waals surface area contributed by atoms with Gasteiger partial charge in [0.05, 0.1) is 5.92 Å². The Morgan fingerprint density at radius 1 is 1.22 bits per heavy atom. The fourth-order valence-electron chi connectivity index (χ4n) is 5.22. The molecule has 3 heterocycles. The normalized spacial score (nSPS) is 30.2. The van der Waals surface area contributed by atoms with Crippen LogP contribution in [0.1, 0.15) is 50.3 Å². The van der Waals surface area contributed by atoms with Crippen LogP contribution < -0.4 is 9.80 Å². The molecule has 1 aromatic rings. The number of carboxylic acid groups (broad SMARTS) is 1. The number of carbonyl (C=O) groups is 1. The number of carboxylic acids is 1. The van der Waals surface area contributed by atoms with Crippen molar-refractivity contribution in [3.8, 4) is 0 Å². The van der Waals surface area contributed by atoms with E-state index in [0.717, 1.165) is 19.4 Å². The summed E-state index contributed by atoms with van der Waals surface area (Å²) >= 11 is 0. The van der Waals surface area contributed by atoms with Crippen molar-refractivity contribution >= 4 is 17.7 Å². The van der Waals surface area contributed by atoms with Crippen LogP contribution in [0.2, 0.25) is 0 Å². The van der Waals surface area contributed by atoms with Crippen molar-refractivity contribution in [3.05, 3.63) is 11.3 Å². The molecule has 0 radical (unpaired) electrons. The largest absolute Gasteiger partial charge is 0.481 e. The molecule has 0 aromatic carbocycles. The smallest absolute Gasteiger partial charge is 0.306 e. The van der Waals surface area contributed by atoms with Gasteiger partial charge in [-0.2, -0.15) is 13.8 Å². The first-order chi connectivity index (χ1) is 12.8. The van der Waals surface area contributed by atoms with Gasteiger partial charge in [-0.15, -0.1) is 0 Å². The molecule has 4 aliphatic rings. The van der Waals surface area contributed by atoms with Gasteiger partial charge in [0.25, 0.3) is 5.92 Å². The molecule has 0 bridgehead atoms. The van der Waals surface area contributed by atoms with Crippen LogP contribution in [0.4, 0.5) is 20.5 Å². The second kappa shape index (κ2) is 5.52. The Balaban J connectivity index is 1.44. The van der Waals surface area contributed by atoms with Gasteiger partial charge in [-0.3, -0.25) is 4.79 Å². The highest BCUT2D eigenvalue weighted by Gasteiger charge is 2.52. The lowest BCUT2D eigenvalue weighted by Crippen LogP contribution is -2.56. The Kier molecular flexibility index (Phi) is 3.50. The number of nitrogens with zero attached hydrogens (tertiary/aromatic N) is 4. The fraction of sp³-hybridized carbons (Fsp3) is 0.737.